The molecule has 1 aromatic carbocycles. The molecular weight excluding hydrogens is 254 g/mol. The van der Waals surface area contributed by atoms with Gasteiger partial charge in [-0.2, -0.15) is 0 Å². The van der Waals surface area contributed by atoms with Gasteiger partial charge in [-0.1, -0.05) is 11.2 Å². The highest BCUT2D eigenvalue weighted by molar-refractivity contribution is 5.91. The van der Waals surface area contributed by atoms with E-state index in [0.29, 0.717) is 12.2 Å². The van der Waals surface area contributed by atoms with E-state index in [1.54, 1.807) is 13.0 Å². The van der Waals surface area contributed by atoms with Crippen molar-refractivity contribution in [2.24, 2.45) is 0 Å². The third kappa shape index (κ3) is 2.42. The first-order chi connectivity index (χ1) is 9.61. The normalized spacial score (nSPS) is 10.9. The Morgan fingerprint density at radius 2 is 2.15 bits per heavy atom. The molecule has 0 unspecified atom stereocenters. The van der Waals surface area contributed by atoms with Crippen molar-refractivity contribution in [2.45, 2.75) is 20.4 Å². The van der Waals surface area contributed by atoms with Crippen LogP contribution < -0.4 is 5.32 Å². The first-order valence-corrected chi connectivity index (χ1v) is 6.41. The van der Waals surface area contributed by atoms with Crippen LogP contribution in [0.4, 0.5) is 0 Å². The summed E-state index contributed by atoms with van der Waals surface area (Å²) >= 11 is 0. The zero-order valence-electron chi connectivity index (χ0n) is 11.4. The van der Waals surface area contributed by atoms with Crippen LogP contribution >= 0.6 is 0 Å². The summed E-state index contributed by atoms with van der Waals surface area (Å²) in [5.74, 6) is -0.0167. The molecule has 1 amide bonds. The highest BCUT2D eigenvalue weighted by atomic mass is 16.5. The van der Waals surface area contributed by atoms with E-state index in [1.807, 2.05) is 19.1 Å². The van der Waals surface area contributed by atoms with Crippen LogP contribution in [0, 0.1) is 13.8 Å². The van der Waals surface area contributed by atoms with Gasteiger partial charge in [0.2, 0.25) is 5.76 Å². The molecule has 0 aliphatic heterocycles. The van der Waals surface area contributed by atoms with Gasteiger partial charge >= 0.3 is 0 Å². The summed E-state index contributed by atoms with van der Waals surface area (Å²) in [6.45, 7) is 4.26. The van der Waals surface area contributed by atoms with Crippen molar-refractivity contribution in [2.75, 3.05) is 0 Å². The van der Waals surface area contributed by atoms with Gasteiger partial charge in [0.1, 0.15) is 0 Å². The number of aromatic nitrogens is 2. The predicted octanol–water partition coefficient (Wildman–Crippen LogP) is 2.70. The number of hydrogen-bond donors (Lipinski definition) is 2. The lowest BCUT2D eigenvalue weighted by Gasteiger charge is -2.03. The Kier molecular flexibility index (Phi) is 3.02. The van der Waals surface area contributed by atoms with Crippen molar-refractivity contribution in [1.29, 1.82) is 0 Å². The minimum Gasteiger partial charge on any atom is -0.359 e. The molecule has 2 N–H and O–H groups in total. The molecule has 0 saturated carbocycles. The van der Waals surface area contributed by atoms with Crippen molar-refractivity contribution in [3.63, 3.8) is 0 Å². The Morgan fingerprint density at radius 1 is 1.30 bits per heavy atom. The van der Waals surface area contributed by atoms with Crippen LogP contribution in [0.15, 0.2) is 34.9 Å². The topological polar surface area (TPSA) is 70.9 Å². The lowest BCUT2D eigenvalue weighted by atomic mass is 10.1. The molecule has 20 heavy (non-hydrogen) atoms. The second-order valence-corrected chi connectivity index (χ2v) is 4.89. The number of carbonyl (C=O) groups excluding carboxylic acids is 1. The standard InChI is InChI=1S/C15H15N3O2/c1-9-5-12-7-11(3-4-13(12)17-9)8-16-15(19)14-6-10(2)18-20-14/h3-7,17H,8H2,1-2H3,(H,16,19). The Balaban J connectivity index is 1.71. The molecule has 0 aliphatic carbocycles. The summed E-state index contributed by atoms with van der Waals surface area (Å²) in [5.41, 5.74) is 3.96. The molecule has 3 aromatic rings. The van der Waals surface area contributed by atoms with Crippen molar-refractivity contribution in [3.8, 4) is 0 Å². The minimum absolute atomic E-state index is 0.237. The molecule has 2 heterocycles. The summed E-state index contributed by atoms with van der Waals surface area (Å²) in [7, 11) is 0. The molecule has 0 saturated heterocycles. The average molecular weight is 269 g/mol. The van der Waals surface area contributed by atoms with Gasteiger partial charge in [0.15, 0.2) is 0 Å². The SMILES string of the molecule is Cc1cc(C(=O)NCc2ccc3[nH]c(C)cc3c2)on1. The maximum absolute atomic E-state index is 11.8. The van der Waals surface area contributed by atoms with Crippen LogP contribution in [-0.4, -0.2) is 16.0 Å². The third-order valence-corrected chi connectivity index (χ3v) is 3.12. The van der Waals surface area contributed by atoms with Gasteiger partial charge in [-0.15, -0.1) is 0 Å². The summed E-state index contributed by atoms with van der Waals surface area (Å²) < 4.78 is 4.92. The fraction of sp³-hybridized carbons (Fsp3) is 0.200. The predicted molar refractivity (Wildman–Crippen MR) is 75.4 cm³/mol. The van der Waals surface area contributed by atoms with E-state index in [2.05, 4.69) is 27.6 Å². The highest BCUT2D eigenvalue weighted by Crippen LogP contribution is 2.16. The summed E-state index contributed by atoms with van der Waals surface area (Å²) in [6, 6.07) is 9.77. The van der Waals surface area contributed by atoms with Crippen LogP contribution in [-0.2, 0) is 6.54 Å². The Bertz CT molecular complexity index is 770. The first kappa shape index (κ1) is 12.5. The molecule has 102 valence electrons. The lowest BCUT2D eigenvalue weighted by Crippen LogP contribution is -2.22. The fourth-order valence-corrected chi connectivity index (χ4v) is 2.18. The number of nitrogens with one attached hydrogen (secondary N) is 2. The van der Waals surface area contributed by atoms with Crippen molar-refractivity contribution >= 4 is 16.8 Å². The van der Waals surface area contributed by atoms with Gasteiger partial charge in [-0.3, -0.25) is 4.79 Å². The Morgan fingerprint density at radius 3 is 2.90 bits per heavy atom. The summed E-state index contributed by atoms with van der Waals surface area (Å²) in [6.07, 6.45) is 0. The van der Waals surface area contributed by atoms with E-state index in [9.17, 15) is 4.79 Å². The van der Waals surface area contributed by atoms with E-state index in [1.165, 1.54) is 0 Å². The molecule has 5 heteroatoms. The van der Waals surface area contributed by atoms with E-state index in [0.717, 1.165) is 22.2 Å². The van der Waals surface area contributed by atoms with E-state index in [-0.39, 0.29) is 11.7 Å². The van der Waals surface area contributed by atoms with E-state index >= 15 is 0 Å². The van der Waals surface area contributed by atoms with Crippen LogP contribution in [0.5, 0.6) is 0 Å². The van der Waals surface area contributed by atoms with E-state index < -0.39 is 0 Å². The number of fused-ring (bicyclic) bond motifs is 1. The minimum atomic E-state index is -0.254. The largest absolute Gasteiger partial charge is 0.359 e. The number of rotatable bonds is 3. The zero-order chi connectivity index (χ0) is 14.1. The number of amides is 1. The number of aromatic amines is 1. The summed E-state index contributed by atoms with van der Waals surface area (Å²) in [5, 5.41) is 7.66. The molecule has 5 nitrogen and oxygen atoms in total. The smallest absolute Gasteiger partial charge is 0.290 e. The van der Waals surface area contributed by atoms with Gasteiger partial charge in [0.05, 0.1) is 5.69 Å². The van der Waals surface area contributed by atoms with Crippen molar-refractivity contribution in [1.82, 2.24) is 15.5 Å². The molecule has 0 bridgehead atoms. The third-order valence-electron chi connectivity index (χ3n) is 3.12. The maximum Gasteiger partial charge on any atom is 0.290 e. The fourth-order valence-electron chi connectivity index (χ4n) is 2.18. The number of aryl methyl sites for hydroxylation is 2. The molecule has 0 aliphatic rings. The quantitative estimate of drug-likeness (QED) is 0.768. The Hall–Kier alpha value is -2.56. The second-order valence-electron chi connectivity index (χ2n) is 4.89. The Labute approximate surface area is 116 Å². The van der Waals surface area contributed by atoms with Crippen LogP contribution in [0.25, 0.3) is 10.9 Å². The average Bonchev–Trinajstić information content (AvgIpc) is 3.00. The molecule has 0 radical (unpaired) electrons. The zero-order valence-corrected chi connectivity index (χ0v) is 11.4. The van der Waals surface area contributed by atoms with Crippen molar-refractivity contribution in [3.05, 3.63) is 53.0 Å². The van der Waals surface area contributed by atoms with Gasteiger partial charge < -0.3 is 14.8 Å². The number of nitrogens with zero attached hydrogens (tertiary/aromatic N) is 1. The van der Waals surface area contributed by atoms with Crippen molar-refractivity contribution < 1.29 is 9.32 Å². The molecule has 0 atom stereocenters. The number of hydrogen-bond acceptors (Lipinski definition) is 3. The number of H-pyrrole nitrogens is 1. The first-order valence-electron chi connectivity index (χ1n) is 6.41. The van der Waals surface area contributed by atoms with Gasteiger partial charge in [0, 0.05) is 23.8 Å². The molecule has 2 aromatic heterocycles. The number of carbonyl (C=O) groups is 1. The summed E-state index contributed by atoms with van der Waals surface area (Å²) in [4.78, 5) is 15.1. The monoisotopic (exact) mass is 269 g/mol. The van der Waals surface area contributed by atoms with Crippen LogP contribution in [0.1, 0.15) is 27.5 Å². The maximum atomic E-state index is 11.8. The van der Waals surface area contributed by atoms with Gasteiger partial charge in [-0.25, -0.2) is 0 Å². The van der Waals surface area contributed by atoms with Crippen LogP contribution in [0.2, 0.25) is 0 Å². The highest BCUT2D eigenvalue weighted by Gasteiger charge is 2.11. The number of benzene rings is 1. The molecule has 0 fully saturated rings. The molecule has 3 rings (SSSR count). The van der Waals surface area contributed by atoms with Gasteiger partial charge in [-0.05, 0) is 43.0 Å². The van der Waals surface area contributed by atoms with E-state index in [4.69, 9.17) is 4.52 Å². The second kappa shape index (κ2) is 4.85. The van der Waals surface area contributed by atoms with Crippen LogP contribution in [0.3, 0.4) is 0 Å². The molecule has 0 spiro atoms. The molecular formula is C15H15N3O2. The lowest BCUT2D eigenvalue weighted by molar-refractivity contribution is 0.0914. The van der Waals surface area contributed by atoms with Gasteiger partial charge in [0.25, 0.3) is 5.91 Å².